The molecule has 0 atom stereocenters. The lowest BCUT2D eigenvalue weighted by Crippen LogP contribution is -2.21. The summed E-state index contributed by atoms with van der Waals surface area (Å²) in [5.74, 6) is -1.19. The van der Waals surface area contributed by atoms with Gasteiger partial charge in [0.1, 0.15) is 11.6 Å². The molecule has 0 aliphatic carbocycles. The predicted molar refractivity (Wildman–Crippen MR) is 76.7 cm³/mol. The average Bonchev–Trinajstić information content (AvgIpc) is 2.48. The molecular formula is C16H13F4NO2. The van der Waals surface area contributed by atoms with Crippen molar-refractivity contribution in [1.29, 1.82) is 0 Å². The molecule has 0 unspecified atom stereocenters. The lowest BCUT2D eigenvalue weighted by Gasteiger charge is -2.11. The third kappa shape index (κ3) is 4.70. The number of ether oxygens (including phenoxy) is 1. The van der Waals surface area contributed by atoms with E-state index in [1.54, 1.807) is 6.92 Å². The van der Waals surface area contributed by atoms with Crippen molar-refractivity contribution in [3.05, 3.63) is 59.4 Å². The molecule has 2 rings (SSSR count). The van der Waals surface area contributed by atoms with Gasteiger partial charge < -0.3 is 10.1 Å². The van der Waals surface area contributed by atoms with E-state index in [0.29, 0.717) is 5.56 Å². The van der Waals surface area contributed by atoms with Crippen molar-refractivity contribution in [2.24, 2.45) is 0 Å². The van der Waals surface area contributed by atoms with Crippen LogP contribution < -0.4 is 10.1 Å². The maximum absolute atomic E-state index is 13.1. The molecule has 0 heterocycles. The Morgan fingerprint density at radius 1 is 1.17 bits per heavy atom. The largest absolute Gasteiger partial charge is 0.484 e. The van der Waals surface area contributed by atoms with Crippen LogP contribution in [-0.2, 0) is 11.0 Å². The summed E-state index contributed by atoms with van der Waals surface area (Å²) in [7, 11) is 0. The van der Waals surface area contributed by atoms with E-state index in [1.807, 2.05) is 0 Å². The molecule has 0 aliphatic rings. The second kappa shape index (κ2) is 6.68. The summed E-state index contributed by atoms with van der Waals surface area (Å²) < 4.78 is 55.9. The standard InChI is InChI=1S/C16H13F4NO2/c1-10-5-6-12(17)8-14(10)21-15(22)9-23-13-4-2-3-11(7-13)16(18,19)20/h2-8H,9H2,1H3,(H,21,22). The van der Waals surface area contributed by atoms with E-state index in [0.717, 1.165) is 18.2 Å². The van der Waals surface area contributed by atoms with Crippen molar-refractivity contribution in [2.75, 3.05) is 11.9 Å². The summed E-state index contributed by atoms with van der Waals surface area (Å²) in [5, 5.41) is 2.44. The first-order valence-electron chi connectivity index (χ1n) is 6.62. The van der Waals surface area contributed by atoms with Crippen LogP contribution in [-0.4, -0.2) is 12.5 Å². The lowest BCUT2D eigenvalue weighted by molar-refractivity contribution is -0.137. The number of amides is 1. The number of benzene rings is 2. The maximum Gasteiger partial charge on any atom is 0.416 e. The van der Waals surface area contributed by atoms with E-state index in [2.05, 4.69) is 5.32 Å². The maximum atomic E-state index is 13.1. The summed E-state index contributed by atoms with van der Waals surface area (Å²) in [5.41, 5.74) is 0.0674. The van der Waals surface area contributed by atoms with Crippen LogP contribution in [0.25, 0.3) is 0 Å². The third-order valence-corrected chi connectivity index (χ3v) is 3.00. The van der Waals surface area contributed by atoms with Gasteiger partial charge in [-0.25, -0.2) is 4.39 Å². The first-order valence-corrected chi connectivity index (χ1v) is 6.62. The van der Waals surface area contributed by atoms with E-state index in [9.17, 15) is 22.4 Å². The summed E-state index contributed by atoms with van der Waals surface area (Å²) in [6.45, 7) is 1.19. The van der Waals surface area contributed by atoms with Crippen molar-refractivity contribution in [3.63, 3.8) is 0 Å². The Hall–Kier alpha value is -2.57. The zero-order valence-electron chi connectivity index (χ0n) is 12.1. The van der Waals surface area contributed by atoms with Gasteiger partial charge in [-0.15, -0.1) is 0 Å². The Bertz CT molecular complexity index is 713. The van der Waals surface area contributed by atoms with Crippen LogP contribution in [0.1, 0.15) is 11.1 Å². The smallest absolute Gasteiger partial charge is 0.416 e. The van der Waals surface area contributed by atoms with E-state index in [1.165, 1.54) is 24.3 Å². The number of carbonyl (C=O) groups excluding carboxylic acids is 1. The summed E-state index contributed by atoms with van der Waals surface area (Å²) >= 11 is 0. The van der Waals surface area contributed by atoms with Gasteiger partial charge in [0.05, 0.1) is 5.56 Å². The number of hydrogen-bond acceptors (Lipinski definition) is 2. The molecule has 0 fully saturated rings. The van der Waals surface area contributed by atoms with Gasteiger partial charge in [0.2, 0.25) is 0 Å². The Morgan fingerprint density at radius 3 is 2.61 bits per heavy atom. The molecule has 23 heavy (non-hydrogen) atoms. The van der Waals surface area contributed by atoms with Crippen LogP contribution in [0.3, 0.4) is 0 Å². The molecule has 0 bridgehead atoms. The zero-order chi connectivity index (χ0) is 17.0. The van der Waals surface area contributed by atoms with Gasteiger partial charge in [0.15, 0.2) is 6.61 Å². The molecule has 1 N–H and O–H groups in total. The van der Waals surface area contributed by atoms with Gasteiger partial charge >= 0.3 is 6.18 Å². The Kier molecular flexibility index (Phi) is 4.88. The summed E-state index contributed by atoms with van der Waals surface area (Å²) in [6, 6.07) is 8.12. The highest BCUT2D eigenvalue weighted by Gasteiger charge is 2.30. The molecule has 0 aromatic heterocycles. The fourth-order valence-electron chi connectivity index (χ4n) is 1.83. The van der Waals surface area contributed by atoms with Gasteiger partial charge in [-0.3, -0.25) is 4.79 Å². The monoisotopic (exact) mass is 327 g/mol. The zero-order valence-corrected chi connectivity index (χ0v) is 12.1. The molecule has 122 valence electrons. The molecule has 0 saturated heterocycles. The van der Waals surface area contributed by atoms with Crippen molar-refractivity contribution in [1.82, 2.24) is 0 Å². The number of carbonyl (C=O) groups is 1. The molecule has 3 nitrogen and oxygen atoms in total. The number of rotatable bonds is 4. The summed E-state index contributed by atoms with van der Waals surface area (Å²) in [6.07, 6.45) is -4.49. The molecule has 2 aromatic rings. The minimum absolute atomic E-state index is 0.0778. The van der Waals surface area contributed by atoms with Gasteiger partial charge in [-0.05, 0) is 42.8 Å². The predicted octanol–water partition coefficient (Wildman–Crippen LogP) is 4.17. The Balaban J connectivity index is 1.98. The molecule has 0 aliphatic heterocycles. The third-order valence-electron chi connectivity index (χ3n) is 3.00. The first kappa shape index (κ1) is 16.8. The minimum Gasteiger partial charge on any atom is -0.484 e. The van der Waals surface area contributed by atoms with Gasteiger partial charge in [-0.1, -0.05) is 12.1 Å². The first-order chi connectivity index (χ1) is 10.8. The summed E-state index contributed by atoms with van der Waals surface area (Å²) in [4.78, 5) is 11.8. The molecule has 0 radical (unpaired) electrons. The van der Waals surface area contributed by atoms with E-state index >= 15 is 0 Å². The van der Waals surface area contributed by atoms with Crippen LogP contribution in [0.4, 0.5) is 23.2 Å². The fourth-order valence-corrected chi connectivity index (χ4v) is 1.83. The average molecular weight is 327 g/mol. The van der Waals surface area contributed by atoms with E-state index in [-0.39, 0.29) is 11.4 Å². The number of halogens is 4. The van der Waals surface area contributed by atoms with Crippen molar-refractivity contribution in [2.45, 2.75) is 13.1 Å². The van der Waals surface area contributed by atoms with Crippen LogP contribution in [0, 0.1) is 12.7 Å². The highest BCUT2D eigenvalue weighted by atomic mass is 19.4. The normalized spacial score (nSPS) is 11.2. The van der Waals surface area contributed by atoms with Crippen LogP contribution in [0.5, 0.6) is 5.75 Å². The number of nitrogens with one attached hydrogen (secondary N) is 1. The van der Waals surface area contributed by atoms with Crippen LogP contribution >= 0.6 is 0 Å². The van der Waals surface area contributed by atoms with Gasteiger partial charge in [0.25, 0.3) is 5.91 Å². The Labute approximate surface area is 129 Å². The second-order valence-corrected chi connectivity index (χ2v) is 4.82. The SMILES string of the molecule is Cc1ccc(F)cc1NC(=O)COc1cccc(C(F)(F)F)c1. The molecule has 0 spiro atoms. The molecule has 7 heteroatoms. The molecular weight excluding hydrogens is 314 g/mol. The van der Waals surface area contributed by atoms with Crippen molar-refractivity contribution >= 4 is 11.6 Å². The van der Waals surface area contributed by atoms with Crippen molar-refractivity contribution in [3.8, 4) is 5.75 Å². The highest BCUT2D eigenvalue weighted by molar-refractivity contribution is 5.92. The van der Waals surface area contributed by atoms with E-state index in [4.69, 9.17) is 4.74 Å². The number of aryl methyl sites for hydroxylation is 1. The van der Waals surface area contributed by atoms with Gasteiger partial charge in [-0.2, -0.15) is 13.2 Å². The van der Waals surface area contributed by atoms with Crippen LogP contribution in [0.2, 0.25) is 0 Å². The lowest BCUT2D eigenvalue weighted by atomic mass is 10.2. The van der Waals surface area contributed by atoms with E-state index < -0.39 is 30.1 Å². The number of alkyl halides is 3. The molecule has 1 amide bonds. The quantitative estimate of drug-likeness (QED) is 0.856. The van der Waals surface area contributed by atoms with Gasteiger partial charge in [0, 0.05) is 5.69 Å². The Morgan fingerprint density at radius 2 is 1.91 bits per heavy atom. The second-order valence-electron chi connectivity index (χ2n) is 4.82. The van der Waals surface area contributed by atoms with Crippen molar-refractivity contribution < 1.29 is 27.1 Å². The van der Waals surface area contributed by atoms with Crippen LogP contribution in [0.15, 0.2) is 42.5 Å². The fraction of sp³-hybridized carbons (Fsp3) is 0.188. The molecule has 0 saturated carbocycles. The topological polar surface area (TPSA) is 38.3 Å². The highest BCUT2D eigenvalue weighted by Crippen LogP contribution is 2.31. The minimum atomic E-state index is -4.49. The number of anilines is 1. The molecule has 2 aromatic carbocycles. The number of hydrogen-bond donors (Lipinski definition) is 1.